The van der Waals surface area contributed by atoms with Gasteiger partial charge in [-0.2, -0.15) is 0 Å². The van der Waals surface area contributed by atoms with Crippen LogP contribution in [-0.4, -0.2) is 0 Å². The maximum absolute atomic E-state index is 2.32. The first-order valence-electron chi connectivity index (χ1n) is 6.95. The zero-order valence-corrected chi connectivity index (χ0v) is 11.1. The van der Waals surface area contributed by atoms with E-state index < -0.39 is 0 Å². The van der Waals surface area contributed by atoms with E-state index in [2.05, 4.69) is 61.5 Å². The Bertz CT molecular complexity index is 822. The quantitative estimate of drug-likeness (QED) is 0.473. The van der Waals surface area contributed by atoms with E-state index >= 15 is 0 Å². The molecule has 4 rings (SSSR count). The molecule has 0 fully saturated rings. The Morgan fingerprint density at radius 3 is 2.58 bits per heavy atom. The third-order valence-electron chi connectivity index (χ3n) is 4.18. The molecule has 0 nitrogen and oxygen atoms in total. The average molecular weight is 244 g/mol. The van der Waals surface area contributed by atoms with Crippen LogP contribution in [0.15, 0.2) is 48.5 Å². The summed E-state index contributed by atoms with van der Waals surface area (Å²) in [5.41, 5.74) is 4.28. The van der Waals surface area contributed by atoms with Crippen molar-refractivity contribution in [3.8, 4) is 0 Å². The van der Waals surface area contributed by atoms with Crippen LogP contribution in [0.5, 0.6) is 0 Å². The molecular weight excluding hydrogens is 228 g/mol. The van der Waals surface area contributed by atoms with Crippen molar-refractivity contribution in [3.63, 3.8) is 0 Å². The summed E-state index contributed by atoms with van der Waals surface area (Å²) in [4.78, 5) is 0. The van der Waals surface area contributed by atoms with Crippen molar-refractivity contribution in [3.05, 3.63) is 65.2 Å². The molecule has 0 spiro atoms. The fraction of sp³-hybridized carbons (Fsp3) is 0.158. The normalized spacial score (nSPS) is 13.9. The first kappa shape index (κ1) is 10.8. The summed E-state index contributed by atoms with van der Waals surface area (Å²) in [7, 11) is 0. The fourth-order valence-corrected chi connectivity index (χ4v) is 3.29. The van der Waals surface area contributed by atoms with Crippen molar-refractivity contribution in [1.29, 1.82) is 0 Å². The Morgan fingerprint density at radius 1 is 0.842 bits per heavy atom. The van der Waals surface area contributed by atoms with E-state index in [1.165, 1.54) is 38.2 Å². The van der Waals surface area contributed by atoms with Crippen molar-refractivity contribution in [2.24, 2.45) is 0 Å². The second kappa shape index (κ2) is 3.96. The molecule has 3 aromatic carbocycles. The van der Waals surface area contributed by atoms with Gasteiger partial charge in [0, 0.05) is 0 Å². The van der Waals surface area contributed by atoms with Gasteiger partial charge in [-0.05, 0) is 52.4 Å². The summed E-state index contributed by atoms with van der Waals surface area (Å²) in [5, 5.41) is 5.62. The maximum atomic E-state index is 2.32. The second-order valence-electron chi connectivity index (χ2n) is 5.43. The number of rotatable bonds is 0. The number of fused-ring (bicyclic) bond motifs is 6. The fourth-order valence-electron chi connectivity index (χ4n) is 3.29. The minimum Gasteiger partial charge on any atom is -0.0836 e. The predicted octanol–water partition coefficient (Wildman–Crippen LogP) is 5.26. The van der Waals surface area contributed by atoms with E-state index in [0.717, 1.165) is 12.8 Å². The van der Waals surface area contributed by atoms with Crippen LogP contribution in [0.25, 0.3) is 27.6 Å². The van der Waals surface area contributed by atoms with Crippen LogP contribution in [0.2, 0.25) is 0 Å². The average Bonchev–Trinajstić information content (AvgIpc) is 2.47. The Balaban J connectivity index is 2.31. The lowest BCUT2D eigenvalue weighted by Crippen LogP contribution is -1.97. The second-order valence-corrected chi connectivity index (χ2v) is 5.43. The van der Waals surface area contributed by atoms with E-state index in [9.17, 15) is 0 Å². The van der Waals surface area contributed by atoms with Gasteiger partial charge in [0.2, 0.25) is 0 Å². The molecule has 0 unspecified atom stereocenters. The lowest BCUT2D eigenvalue weighted by molar-refractivity contribution is 1.00. The Labute approximate surface area is 113 Å². The molecule has 0 heterocycles. The van der Waals surface area contributed by atoms with Crippen LogP contribution in [0.1, 0.15) is 23.1 Å². The van der Waals surface area contributed by atoms with Gasteiger partial charge in [0.15, 0.2) is 0 Å². The van der Waals surface area contributed by atoms with E-state index in [1.807, 2.05) is 0 Å². The standard InChI is InChI=1S/C19H16/c1-13-10-11-18-16-8-3-2-6-14(16)15-7-4-5-9-17(15)19(18)12-13/h3-5,7-12H,2,6H2,1H3. The molecule has 1 aliphatic rings. The SMILES string of the molecule is Cc1ccc2c3c(c4ccccc4c2c1)CCC=C3. The summed E-state index contributed by atoms with van der Waals surface area (Å²) in [6, 6.07) is 15.7. The highest BCUT2D eigenvalue weighted by molar-refractivity contribution is 6.13. The van der Waals surface area contributed by atoms with Gasteiger partial charge in [-0.15, -0.1) is 0 Å². The molecule has 0 radical (unpaired) electrons. The number of aryl methyl sites for hydroxylation is 2. The molecule has 1 aliphatic carbocycles. The highest BCUT2D eigenvalue weighted by Crippen LogP contribution is 2.36. The number of benzene rings is 3. The summed E-state index contributed by atoms with van der Waals surface area (Å²) in [5.74, 6) is 0. The molecule has 0 aliphatic heterocycles. The van der Waals surface area contributed by atoms with Crippen LogP contribution in [0, 0.1) is 6.92 Å². The van der Waals surface area contributed by atoms with Gasteiger partial charge in [0.05, 0.1) is 0 Å². The van der Waals surface area contributed by atoms with E-state index in [4.69, 9.17) is 0 Å². The molecule has 0 saturated carbocycles. The van der Waals surface area contributed by atoms with Crippen molar-refractivity contribution < 1.29 is 0 Å². The van der Waals surface area contributed by atoms with Gasteiger partial charge in [0.1, 0.15) is 0 Å². The maximum Gasteiger partial charge on any atom is -0.00966 e. The van der Waals surface area contributed by atoms with Crippen LogP contribution in [0.4, 0.5) is 0 Å². The van der Waals surface area contributed by atoms with Crippen LogP contribution in [-0.2, 0) is 6.42 Å². The van der Waals surface area contributed by atoms with Gasteiger partial charge >= 0.3 is 0 Å². The third kappa shape index (κ3) is 1.53. The molecule has 0 heteroatoms. The van der Waals surface area contributed by atoms with Crippen LogP contribution < -0.4 is 0 Å². The highest BCUT2D eigenvalue weighted by atomic mass is 14.2. The lowest BCUT2D eigenvalue weighted by Gasteiger charge is -2.18. The van der Waals surface area contributed by atoms with Crippen LogP contribution in [0.3, 0.4) is 0 Å². The molecule has 0 aromatic heterocycles. The first-order chi connectivity index (χ1) is 9.34. The van der Waals surface area contributed by atoms with Gasteiger partial charge in [-0.1, -0.05) is 60.2 Å². The van der Waals surface area contributed by atoms with Gasteiger partial charge in [-0.25, -0.2) is 0 Å². The molecule has 0 bridgehead atoms. The highest BCUT2D eigenvalue weighted by Gasteiger charge is 2.13. The number of hydrogen-bond donors (Lipinski definition) is 0. The monoisotopic (exact) mass is 244 g/mol. The van der Waals surface area contributed by atoms with Crippen LogP contribution >= 0.6 is 0 Å². The van der Waals surface area contributed by atoms with Gasteiger partial charge in [0.25, 0.3) is 0 Å². The molecule has 0 saturated heterocycles. The molecule has 0 N–H and O–H groups in total. The van der Waals surface area contributed by atoms with Crippen molar-refractivity contribution in [2.75, 3.05) is 0 Å². The molecule has 19 heavy (non-hydrogen) atoms. The Kier molecular flexibility index (Phi) is 2.25. The van der Waals surface area contributed by atoms with Crippen molar-refractivity contribution >= 4 is 27.6 Å². The number of allylic oxidation sites excluding steroid dienone is 1. The topological polar surface area (TPSA) is 0 Å². The first-order valence-corrected chi connectivity index (χ1v) is 6.95. The largest absolute Gasteiger partial charge is 0.0836 e. The predicted molar refractivity (Wildman–Crippen MR) is 83.5 cm³/mol. The Morgan fingerprint density at radius 2 is 1.68 bits per heavy atom. The molecule has 92 valence electrons. The molecule has 0 atom stereocenters. The molecule has 3 aromatic rings. The summed E-state index contributed by atoms with van der Waals surface area (Å²) < 4.78 is 0. The van der Waals surface area contributed by atoms with Gasteiger partial charge < -0.3 is 0 Å². The van der Waals surface area contributed by atoms with Crippen molar-refractivity contribution in [2.45, 2.75) is 19.8 Å². The summed E-state index contributed by atoms with van der Waals surface area (Å²) >= 11 is 0. The minimum absolute atomic E-state index is 1.16. The molecule has 0 amide bonds. The third-order valence-corrected chi connectivity index (χ3v) is 4.18. The zero-order chi connectivity index (χ0) is 12.8. The van der Waals surface area contributed by atoms with E-state index in [1.54, 1.807) is 0 Å². The summed E-state index contributed by atoms with van der Waals surface area (Å²) in [6.45, 7) is 2.17. The molecular formula is C19H16. The minimum atomic E-state index is 1.16. The smallest absolute Gasteiger partial charge is 0.00966 e. The zero-order valence-electron chi connectivity index (χ0n) is 11.1. The Hall–Kier alpha value is -2.08. The van der Waals surface area contributed by atoms with Crippen molar-refractivity contribution in [1.82, 2.24) is 0 Å². The van der Waals surface area contributed by atoms with Gasteiger partial charge in [-0.3, -0.25) is 0 Å². The lowest BCUT2D eigenvalue weighted by atomic mass is 9.86. The summed E-state index contributed by atoms with van der Waals surface area (Å²) in [6.07, 6.45) is 6.93. The van der Waals surface area contributed by atoms with E-state index in [0.29, 0.717) is 0 Å². The number of hydrogen-bond acceptors (Lipinski definition) is 0. The van der Waals surface area contributed by atoms with E-state index in [-0.39, 0.29) is 0 Å².